The van der Waals surface area contributed by atoms with E-state index in [0.29, 0.717) is 10.5 Å². The molecule has 0 unspecified atom stereocenters. The lowest BCUT2D eigenvalue weighted by atomic mass is 9.84. The normalized spacial score (nSPS) is 22.9. The van der Waals surface area contributed by atoms with Gasteiger partial charge in [-0.15, -0.1) is 11.8 Å². The molecule has 1 N–H and O–H groups in total. The van der Waals surface area contributed by atoms with Gasteiger partial charge in [-0.25, -0.2) is 0 Å². The SMILES string of the molecule is Oc1ccc2c(c1)SC1(CCCCC1)C2. The summed E-state index contributed by atoms with van der Waals surface area (Å²) in [5.41, 5.74) is 1.44. The highest BCUT2D eigenvalue weighted by molar-refractivity contribution is 8.01. The summed E-state index contributed by atoms with van der Waals surface area (Å²) in [6.45, 7) is 0. The molecule has 15 heavy (non-hydrogen) atoms. The molecule has 2 aliphatic rings. The molecule has 1 spiro atoms. The van der Waals surface area contributed by atoms with Gasteiger partial charge < -0.3 is 5.11 Å². The molecule has 1 heterocycles. The molecular weight excluding hydrogens is 204 g/mol. The second-order valence-corrected chi connectivity index (χ2v) is 6.32. The number of rotatable bonds is 0. The number of thioether (sulfide) groups is 1. The lowest BCUT2D eigenvalue weighted by Crippen LogP contribution is -2.26. The predicted octanol–water partition coefficient (Wildman–Crippen LogP) is 3.74. The minimum absolute atomic E-state index is 0.411. The highest BCUT2D eigenvalue weighted by atomic mass is 32.2. The van der Waals surface area contributed by atoms with Gasteiger partial charge in [0.15, 0.2) is 0 Å². The Hall–Kier alpha value is -0.630. The fourth-order valence-corrected chi connectivity index (χ4v) is 4.51. The standard InChI is InChI=1S/C13H16OS/c14-11-5-4-10-9-13(15-12(10)8-11)6-2-1-3-7-13/h4-5,8,14H,1-3,6-7,9H2. The third kappa shape index (κ3) is 1.65. The van der Waals surface area contributed by atoms with Crippen molar-refractivity contribution in [3.63, 3.8) is 0 Å². The Morgan fingerprint density at radius 3 is 2.73 bits per heavy atom. The van der Waals surface area contributed by atoms with Crippen molar-refractivity contribution in [1.82, 2.24) is 0 Å². The van der Waals surface area contributed by atoms with Crippen molar-refractivity contribution in [2.45, 2.75) is 48.2 Å². The van der Waals surface area contributed by atoms with Crippen molar-refractivity contribution in [2.24, 2.45) is 0 Å². The zero-order valence-corrected chi connectivity index (χ0v) is 9.65. The van der Waals surface area contributed by atoms with E-state index in [9.17, 15) is 5.11 Å². The minimum atomic E-state index is 0.411. The Morgan fingerprint density at radius 1 is 1.13 bits per heavy atom. The van der Waals surface area contributed by atoms with Crippen LogP contribution in [0.4, 0.5) is 0 Å². The molecule has 80 valence electrons. The van der Waals surface area contributed by atoms with E-state index in [-0.39, 0.29) is 0 Å². The molecule has 1 aromatic carbocycles. The maximum Gasteiger partial charge on any atom is 0.116 e. The summed E-state index contributed by atoms with van der Waals surface area (Å²) in [5, 5.41) is 9.47. The van der Waals surface area contributed by atoms with Crippen LogP contribution in [0.5, 0.6) is 5.75 Å². The van der Waals surface area contributed by atoms with Crippen LogP contribution in [0.25, 0.3) is 0 Å². The zero-order chi connectivity index (χ0) is 10.3. The Labute approximate surface area is 94.9 Å². The molecule has 1 saturated carbocycles. The summed E-state index contributed by atoms with van der Waals surface area (Å²) in [6.07, 6.45) is 8.09. The molecule has 1 nitrogen and oxygen atoms in total. The highest BCUT2D eigenvalue weighted by Gasteiger charge is 2.38. The summed E-state index contributed by atoms with van der Waals surface area (Å²) < 4.78 is 0.481. The number of benzene rings is 1. The van der Waals surface area contributed by atoms with Crippen molar-refractivity contribution < 1.29 is 5.11 Å². The summed E-state index contributed by atoms with van der Waals surface area (Å²) in [6, 6.07) is 5.85. The van der Waals surface area contributed by atoms with E-state index >= 15 is 0 Å². The predicted molar refractivity (Wildman–Crippen MR) is 63.5 cm³/mol. The van der Waals surface area contributed by atoms with Gasteiger partial charge in [-0.2, -0.15) is 0 Å². The van der Waals surface area contributed by atoms with Crippen LogP contribution in [-0.4, -0.2) is 9.85 Å². The number of hydrogen-bond acceptors (Lipinski definition) is 2. The molecule has 0 atom stereocenters. The molecule has 0 amide bonds. The molecule has 1 fully saturated rings. The topological polar surface area (TPSA) is 20.2 Å². The first kappa shape index (κ1) is 9.59. The molecule has 1 aromatic rings. The molecule has 2 heteroatoms. The summed E-state index contributed by atoms with van der Waals surface area (Å²) in [4.78, 5) is 1.32. The molecule has 3 rings (SSSR count). The number of phenolic OH excluding ortho intramolecular Hbond substituents is 1. The summed E-state index contributed by atoms with van der Waals surface area (Å²) >= 11 is 2.01. The number of aromatic hydroxyl groups is 1. The molecule has 0 bridgehead atoms. The van der Waals surface area contributed by atoms with E-state index in [1.807, 2.05) is 23.9 Å². The van der Waals surface area contributed by atoms with Gasteiger partial charge in [0, 0.05) is 9.64 Å². The lowest BCUT2D eigenvalue weighted by molar-refractivity contribution is 0.400. The second kappa shape index (κ2) is 3.44. The Morgan fingerprint density at radius 2 is 1.93 bits per heavy atom. The van der Waals surface area contributed by atoms with Crippen molar-refractivity contribution in [2.75, 3.05) is 0 Å². The first-order valence-electron chi connectivity index (χ1n) is 5.78. The van der Waals surface area contributed by atoms with E-state index in [0.717, 1.165) is 0 Å². The maximum atomic E-state index is 9.47. The number of phenols is 1. The molecule has 1 aliphatic heterocycles. The largest absolute Gasteiger partial charge is 0.508 e. The first-order chi connectivity index (χ1) is 7.27. The first-order valence-corrected chi connectivity index (χ1v) is 6.60. The molecule has 1 aliphatic carbocycles. The van der Waals surface area contributed by atoms with Gasteiger partial charge in [-0.1, -0.05) is 25.3 Å². The van der Waals surface area contributed by atoms with Gasteiger partial charge in [0.25, 0.3) is 0 Å². The third-order valence-electron chi connectivity index (χ3n) is 3.65. The highest BCUT2D eigenvalue weighted by Crippen LogP contribution is 2.52. The van der Waals surface area contributed by atoms with Gasteiger partial charge in [-0.3, -0.25) is 0 Å². The van der Waals surface area contributed by atoms with E-state index < -0.39 is 0 Å². The van der Waals surface area contributed by atoms with Crippen molar-refractivity contribution in [1.29, 1.82) is 0 Å². The summed E-state index contributed by atoms with van der Waals surface area (Å²) in [7, 11) is 0. The van der Waals surface area contributed by atoms with Gasteiger partial charge in [0.05, 0.1) is 0 Å². The fraction of sp³-hybridized carbons (Fsp3) is 0.538. The average molecular weight is 220 g/mol. The molecular formula is C13H16OS. The van der Waals surface area contributed by atoms with Crippen LogP contribution in [0.3, 0.4) is 0 Å². The van der Waals surface area contributed by atoms with Crippen LogP contribution >= 0.6 is 11.8 Å². The number of hydrogen-bond donors (Lipinski definition) is 1. The van der Waals surface area contributed by atoms with Crippen LogP contribution in [0, 0.1) is 0 Å². The molecule has 0 radical (unpaired) electrons. The summed E-state index contributed by atoms with van der Waals surface area (Å²) in [5.74, 6) is 0.411. The second-order valence-electron chi connectivity index (χ2n) is 4.81. The van der Waals surface area contributed by atoms with E-state index in [1.165, 1.54) is 49.0 Å². The van der Waals surface area contributed by atoms with Crippen LogP contribution in [0.2, 0.25) is 0 Å². The van der Waals surface area contributed by atoms with E-state index in [2.05, 4.69) is 6.07 Å². The Kier molecular flexibility index (Phi) is 2.20. The Balaban J connectivity index is 1.90. The monoisotopic (exact) mass is 220 g/mol. The van der Waals surface area contributed by atoms with Crippen LogP contribution in [-0.2, 0) is 6.42 Å². The zero-order valence-electron chi connectivity index (χ0n) is 8.83. The van der Waals surface area contributed by atoms with Crippen LogP contribution < -0.4 is 0 Å². The van der Waals surface area contributed by atoms with E-state index in [1.54, 1.807) is 0 Å². The molecule has 0 aromatic heterocycles. The lowest BCUT2D eigenvalue weighted by Gasteiger charge is -2.32. The third-order valence-corrected chi connectivity index (χ3v) is 5.24. The van der Waals surface area contributed by atoms with Gasteiger partial charge in [-0.05, 0) is 37.0 Å². The fourth-order valence-electron chi connectivity index (χ4n) is 2.88. The quantitative estimate of drug-likeness (QED) is 0.718. The van der Waals surface area contributed by atoms with Crippen LogP contribution in [0.1, 0.15) is 37.7 Å². The molecule has 0 saturated heterocycles. The Bertz CT molecular complexity index is 380. The van der Waals surface area contributed by atoms with Crippen molar-refractivity contribution in [3.8, 4) is 5.75 Å². The average Bonchev–Trinajstić information content (AvgIpc) is 2.56. The van der Waals surface area contributed by atoms with Crippen molar-refractivity contribution >= 4 is 11.8 Å². The van der Waals surface area contributed by atoms with Gasteiger partial charge in [0.2, 0.25) is 0 Å². The van der Waals surface area contributed by atoms with Gasteiger partial charge >= 0.3 is 0 Å². The van der Waals surface area contributed by atoms with Gasteiger partial charge in [0.1, 0.15) is 5.75 Å². The van der Waals surface area contributed by atoms with Crippen LogP contribution in [0.15, 0.2) is 23.1 Å². The maximum absolute atomic E-state index is 9.47. The van der Waals surface area contributed by atoms with Crippen molar-refractivity contribution in [3.05, 3.63) is 23.8 Å². The smallest absolute Gasteiger partial charge is 0.116 e. The minimum Gasteiger partial charge on any atom is -0.508 e. The van der Waals surface area contributed by atoms with E-state index in [4.69, 9.17) is 0 Å². The number of fused-ring (bicyclic) bond motifs is 1.